The molecule has 0 aliphatic carbocycles. The van der Waals surface area contributed by atoms with Crippen molar-refractivity contribution in [1.82, 2.24) is 5.32 Å². The second kappa shape index (κ2) is 11.2. The lowest BCUT2D eigenvalue weighted by atomic mass is 9.93. The maximum Gasteiger partial charge on any atom is 0.262 e. The van der Waals surface area contributed by atoms with E-state index in [0.717, 1.165) is 30.8 Å². The average Bonchev–Trinajstić information content (AvgIpc) is 2.68. The largest absolute Gasteiger partial charge is 0.376 e. The van der Waals surface area contributed by atoms with Gasteiger partial charge >= 0.3 is 0 Å². The molecule has 1 rings (SSSR count). The number of carbonyl (C=O) groups is 1. The van der Waals surface area contributed by atoms with E-state index in [1.54, 1.807) is 0 Å². The first-order valence-corrected chi connectivity index (χ1v) is 10.9. The van der Waals surface area contributed by atoms with Crippen LogP contribution in [-0.2, 0) is 9.53 Å². The molecule has 0 aliphatic rings. The lowest BCUT2D eigenvalue weighted by molar-refractivity contribution is -0.119. The molecular weight excluding hydrogens is 374 g/mol. The summed E-state index contributed by atoms with van der Waals surface area (Å²) in [6.45, 7) is 18.6. The summed E-state index contributed by atoms with van der Waals surface area (Å²) < 4.78 is 5.83. The van der Waals surface area contributed by atoms with Gasteiger partial charge in [-0.1, -0.05) is 19.1 Å². The van der Waals surface area contributed by atoms with Crippen molar-refractivity contribution in [3.8, 4) is 6.07 Å². The molecule has 0 aliphatic heterocycles. The Hall–Kier alpha value is -2.32. The van der Waals surface area contributed by atoms with E-state index in [0.29, 0.717) is 18.6 Å². The van der Waals surface area contributed by atoms with Crippen molar-refractivity contribution in [3.63, 3.8) is 0 Å². The summed E-state index contributed by atoms with van der Waals surface area (Å²) in [5.74, 6) is -0.331. The first-order valence-electron chi connectivity index (χ1n) is 10.9. The van der Waals surface area contributed by atoms with Crippen molar-refractivity contribution in [3.05, 3.63) is 35.4 Å². The molecule has 0 spiro atoms. The zero-order valence-electron chi connectivity index (χ0n) is 20.1. The van der Waals surface area contributed by atoms with Crippen LogP contribution in [0.1, 0.15) is 73.8 Å². The molecule has 30 heavy (non-hydrogen) atoms. The van der Waals surface area contributed by atoms with Crippen LogP contribution in [0.5, 0.6) is 0 Å². The summed E-state index contributed by atoms with van der Waals surface area (Å²) in [5.41, 5.74) is 2.21. The summed E-state index contributed by atoms with van der Waals surface area (Å²) >= 11 is 0. The van der Waals surface area contributed by atoms with Crippen LogP contribution in [0, 0.1) is 11.3 Å². The Balaban J connectivity index is 3.01. The zero-order chi connectivity index (χ0) is 22.9. The molecule has 1 unspecified atom stereocenters. The van der Waals surface area contributed by atoms with Crippen molar-refractivity contribution in [2.45, 2.75) is 79.4 Å². The van der Waals surface area contributed by atoms with Gasteiger partial charge in [0.05, 0.1) is 5.60 Å². The van der Waals surface area contributed by atoms with Gasteiger partial charge in [0, 0.05) is 30.9 Å². The molecule has 0 radical (unpaired) electrons. The van der Waals surface area contributed by atoms with Crippen LogP contribution in [0.4, 0.5) is 5.69 Å². The summed E-state index contributed by atoms with van der Waals surface area (Å²) in [5, 5.41) is 12.8. The maximum atomic E-state index is 13.0. The molecule has 0 aromatic heterocycles. The number of benzene rings is 1. The molecule has 5 heteroatoms. The minimum absolute atomic E-state index is 0.155. The van der Waals surface area contributed by atoms with Gasteiger partial charge in [-0.2, -0.15) is 5.26 Å². The highest BCUT2D eigenvalue weighted by Gasteiger charge is 2.27. The molecule has 1 N–H and O–H groups in total. The van der Waals surface area contributed by atoms with Crippen molar-refractivity contribution in [2.75, 3.05) is 24.6 Å². The number of nitrogens with zero attached hydrogens (tertiary/aromatic N) is 2. The van der Waals surface area contributed by atoms with Gasteiger partial charge in [-0.25, -0.2) is 0 Å². The molecule has 1 aromatic rings. The third-order valence-corrected chi connectivity index (χ3v) is 5.53. The Bertz CT molecular complexity index is 765. The third-order valence-electron chi connectivity index (χ3n) is 5.53. The Morgan fingerprint density at radius 3 is 2.10 bits per heavy atom. The standard InChI is InChI=1S/C25H39N3O2/c1-9-25(8,16-17-30-24(5,6)7)27-23(29)22(18-26)19(4)20-12-14-21(15-13-20)28(10-2)11-3/h12-15H,9-11,16-17H2,1-8H3,(H,27,29). The monoisotopic (exact) mass is 413 g/mol. The molecule has 1 amide bonds. The molecule has 166 valence electrons. The van der Waals surface area contributed by atoms with Crippen LogP contribution in [0.3, 0.4) is 0 Å². The SMILES string of the molecule is CCN(CC)c1ccc(C(C)=C(C#N)C(=O)NC(C)(CC)CCOC(C)(C)C)cc1. The van der Waals surface area contributed by atoms with Crippen LogP contribution >= 0.6 is 0 Å². The van der Waals surface area contributed by atoms with Crippen molar-refractivity contribution < 1.29 is 9.53 Å². The second-order valence-corrected chi connectivity index (χ2v) is 8.91. The Labute approximate surface area is 183 Å². The van der Waals surface area contributed by atoms with E-state index in [1.807, 2.05) is 65.8 Å². The highest BCUT2D eigenvalue weighted by molar-refractivity contribution is 6.04. The van der Waals surface area contributed by atoms with E-state index in [2.05, 4.69) is 30.1 Å². The van der Waals surface area contributed by atoms with Gasteiger partial charge in [0.2, 0.25) is 0 Å². The number of nitrogens with one attached hydrogen (secondary N) is 1. The number of ether oxygens (including phenoxy) is 1. The topological polar surface area (TPSA) is 65.4 Å². The van der Waals surface area contributed by atoms with E-state index in [1.165, 1.54) is 0 Å². The first-order chi connectivity index (χ1) is 14.0. The predicted octanol–water partition coefficient (Wildman–Crippen LogP) is 5.32. The number of rotatable bonds is 10. The summed E-state index contributed by atoms with van der Waals surface area (Å²) in [7, 11) is 0. The summed E-state index contributed by atoms with van der Waals surface area (Å²) in [6, 6.07) is 10.1. The highest BCUT2D eigenvalue weighted by Crippen LogP contribution is 2.24. The number of carbonyl (C=O) groups excluding carboxylic acids is 1. The normalized spacial score (nSPS) is 14.4. The number of amides is 1. The van der Waals surface area contributed by atoms with Crippen molar-refractivity contribution in [1.29, 1.82) is 5.26 Å². The molecule has 0 bridgehead atoms. The number of allylic oxidation sites excluding steroid dienone is 1. The average molecular weight is 414 g/mol. The smallest absolute Gasteiger partial charge is 0.262 e. The lowest BCUT2D eigenvalue weighted by Crippen LogP contribution is -2.47. The zero-order valence-corrected chi connectivity index (χ0v) is 20.1. The van der Waals surface area contributed by atoms with Crippen LogP contribution in [-0.4, -0.2) is 36.7 Å². The fourth-order valence-corrected chi connectivity index (χ4v) is 3.21. The molecule has 0 heterocycles. The van der Waals surface area contributed by atoms with Crippen LogP contribution < -0.4 is 10.2 Å². The molecule has 0 fully saturated rings. The Kier molecular flexibility index (Phi) is 9.58. The number of hydrogen-bond donors (Lipinski definition) is 1. The predicted molar refractivity (Wildman–Crippen MR) is 125 cm³/mol. The van der Waals surface area contributed by atoms with Gasteiger partial charge in [-0.3, -0.25) is 4.79 Å². The van der Waals surface area contributed by atoms with E-state index >= 15 is 0 Å². The minimum Gasteiger partial charge on any atom is -0.376 e. The van der Waals surface area contributed by atoms with Crippen molar-refractivity contribution >= 4 is 17.2 Å². The van der Waals surface area contributed by atoms with Gasteiger partial charge in [0.25, 0.3) is 5.91 Å². The molecule has 1 atom stereocenters. The highest BCUT2D eigenvalue weighted by atomic mass is 16.5. The number of anilines is 1. The van der Waals surface area contributed by atoms with E-state index in [9.17, 15) is 10.1 Å². The first kappa shape index (κ1) is 25.7. The molecule has 1 aromatic carbocycles. The van der Waals surface area contributed by atoms with Crippen LogP contribution in [0.15, 0.2) is 29.8 Å². The number of hydrogen-bond acceptors (Lipinski definition) is 4. The van der Waals surface area contributed by atoms with E-state index < -0.39 is 5.54 Å². The van der Waals surface area contributed by atoms with Gasteiger partial charge in [0.15, 0.2) is 0 Å². The Morgan fingerprint density at radius 1 is 1.10 bits per heavy atom. The summed E-state index contributed by atoms with van der Waals surface area (Å²) in [4.78, 5) is 15.2. The fourth-order valence-electron chi connectivity index (χ4n) is 3.21. The van der Waals surface area contributed by atoms with Crippen LogP contribution in [0.2, 0.25) is 0 Å². The van der Waals surface area contributed by atoms with Crippen LogP contribution in [0.25, 0.3) is 5.57 Å². The molecule has 5 nitrogen and oxygen atoms in total. The third kappa shape index (κ3) is 7.50. The molecular formula is C25H39N3O2. The second-order valence-electron chi connectivity index (χ2n) is 8.91. The fraction of sp³-hybridized carbons (Fsp3) is 0.600. The quantitative estimate of drug-likeness (QED) is 0.416. The maximum absolute atomic E-state index is 13.0. The van der Waals surface area contributed by atoms with E-state index in [4.69, 9.17) is 4.74 Å². The van der Waals surface area contributed by atoms with E-state index in [-0.39, 0.29) is 17.1 Å². The summed E-state index contributed by atoms with van der Waals surface area (Å²) in [6.07, 6.45) is 1.44. The minimum atomic E-state index is -0.433. The molecule has 0 saturated heterocycles. The lowest BCUT2D eigenvalue weighted by Gasteiger charge is -2.31. The number of nitriles is 1. The van der Waals surface area contributed by atoms with Gasteiger partial charge in [-0.15, -0.1) is 0 Å². The molecule has 0 saturated carbocycles. The van der Waals surface area contributed by atoms with Crippen molar-refractivity contribution in [2.24, 2.45) is 0 Å². The van der Waals surface area contributed by atoms with Gasteiger partial charge < -0.3 is 15.0 Å². The van der Waals surface area contributed by atoms with Gasteiger partial charge in [-0.05, 0) is 84.6 Å². The van der Waals surface area contributed by atoms with Gasteiger partial charge in [0.1, 0.15) is 11.6 Å². The Morgan fingerprint density at radius 2 is 1.67 bits per heavy atom.